The third-order valence-corrected chi connectivity index (χ3v) is 5.85. The molecule has 2 amide bonds. The fraction of sp³-hybridized carbons (Fsp3) is 0.130. The summed E-state index contributed by atoms with van der Waals surface area (Å²) in [6, 6.07) is 23.7. The predicted molar refractivity (Wildman–Crippen MR) is 118 cm³/mol. The lowest BCUT2D eigenvalue weighted by molar-refractivity contribution is 0.0927. The number of carbonyl (C=O) groups excluding carboxylic acids is 2. The molecule has 0 aromatic heterocycles. The molecule has 0 unspecified atom stereocenters. The number of rotatable bonds is 9. The van der Waals surface area contributed by atoms with Crippen molar-refractivity contribution in [1.82, 2.24) is 15.4 Å². The highest BCUT2D eigenvalue weighted by Gasteiger charge is 2.16. The summed E-state index contributed by atoms with van der Waals surface area (Å²) in [6.45, 7) is 0.609. The average Bonchev–Trinajstić information content (AvgIpc) is 2.81. The van der Waals surface area contributed by atoms with Gasteiger partial charge in [-0.3, -0.25) is 9.59 Å². The summed E-state index contributed by atoms with van der Waals surface area (Å²) in [4.78, 5) is 24.4. The summed E-state index contributed by atoms with van der Waals surface area (Å²) < 4.78 is 27.7. The normalized spacial score (nSPS) is 11.0. The second-order valence-corrected chi connectivity index (χ2v) is 8.48. The van der Waals surface area contributed by atoms with Crippen LogP contribution in [0.1, 0.15) is 26.3 Å². The van der Waals surface area contributed by atoms with Gasteiger partial charge >= 0.3 is 0 Å². The van der Waals surface area contributed by atoms with Gasteiger partial charge in [0.2, 0.25) is 10.0 Å². The minimum Gasteiger partial charge on any atom is -0.350 e. The first-order valence-electron chi connectivity index (χ1n) is 9.71. The fourth-order valence-corrected chi connectivity index (χ4v) is 3.87. The molecule has 0 aliphatic heterocycles. The molecule has 0 atom stereocenters. The van der Waals surface area contributed by atoms with Crippen LogP contribution in [0.25, 0.3) is 0 Å². The molecule has 3 N–H and O–H groups in total. The van der Waals surface area contributed by atoms with Gasteiger partial charge in [0.25, 0.3) is 11.8 Å². The highest BCUT2D eigenvalue weighted by molar-refractivity contribution is 7.89. The molecule has 0 saturated carbocycles. The minimum absolute atomic E-state index is 0.00783. The van der Waals surface area contributed by atoms with Crippen molar-refractivity contribution in [3.05, 3.63) is 102 Å². The van der Waals surface area contributed by atoms with Crippen LogP contribution in [0.5, 0.6) is 0 Å². The molecule has 3 rings (SSSR count). The number of hydrogen-bond acceptors (Lipinski definition) is 4. The smallest absolute Gasteiger partial charge is 0.251 e. The van der Waals surface area contributed by atoms with E-state index in [0.29, 0.717) is 5.56 Å². The summed E-state index contributed by atoms with van der Waals surface area (Å²) in [5.41, 5.74) is 1.59. The zero-order valence-electron chi connectivity index (χ0n) is 16.7. The number of amides is 2. The molecular formula is C23H23N3O4S. The lowest BCUT2D eigenvalue weighted by atomic mass is 10.2. The van der Waals surface area contributed by atoms with Crippen molar-refractivity contribution in [3.8, 4) is 0 Å². The van der Waals surface area contributed by atoms with Crippen LogP contribution in [0.3, 0.4) is 0 Å². The van der Waals surface area contributed by atoms with Crippen LogP contribution >= 0.6 is 0 Å². The molecule has 31 heavy (non-hydrogen) atoms. The Kier molecular flexibility index (Phi) is 7.53. The van der Waals surface area contributed by atoms with Gasteiger partial charge < -0.3 is 10.6 Å². The molecule has 0 saturated heterocycles. The van der Waals surface area contributed by atoms with Crippen molar-refractivity contribution in [2.75, 3.05) is 13.1 Å². The third kappa shape index (κ3) is 6.50. The van der Waals surface area contributed by atoms with Gasteiger partial charge in [0.1, 0.15) is 0 Å². The van der Waals surface area contributed by atoms with Crippen molar-refractivity contribution in [2.24, 2.45) is 0 Å². The molecule has 7 nitrogen and oxygen atoms in total. The summed E-state index contributed by atoms with van der Waals surface area (Å²) >= 11 is 0. The molecule has 0 bridgehead atoms. The monoisotopic (exact) mass is 437 g/mol. The topological polar surface area (TPSA) is 104 Å². The van der Waals surface area contributed by atoms with Gasteiger partial charge in [-0.05, 0) is 35.9 Å². The number of benzene rings is 3. The van der Waals surface area contributed by atoms with Crippen molar-refractivity contribution >= 4 is 21.8 Å². The largest absolute Gasteiger partial charge is 0.350 e. The minimum atomic E-state index is -3.77. The van der Waals surface area contributed by atoms with Crippen LogP contribution in [0.4, 0.5) is 0 Å². The first-order valence-corrected chi connectivity index (χ1v) is 11.2. The summed E-state index contributed by atoms with van der Waals surface area (Å²) in [6.07, 6.45) is 0. The van der Waals surface area contributed by atoms with Crippen molar-refractivity contribution < 1.29 is 18.0 Å². The van der Waals surface area contributed by atoms with E-state index < -0.39 is 15.9 Å². The van der Waals surface area contributed by atoms with Crippen LogP contribution < -0.4 is 15.4 Å². The molecule has 3 aromatic rings. The number of nitrogens with one attached hydrogen (secondary N) is 3. The standard InChI is InChI=1S/C23H23N3O4S/c27-22(19-10-5-2-6-11-19)24-14-15-25-23(28)20-12-7-13-21(16-20)31(29,30)26-17-18-8-3-1-4-9-18/h1-13,16,26H,14-15,17H2,(H,24,27)(H,25,28). The maximum Gasteiger partial charge on any atom is 0.251 e. The lowest BCUT2D eigenvalue weighted by Gasteiger charge is -2.10. The predicted octanol–water partition coefficient (Wildman–Crippen LogP) is 2.32. The van der Waals surface area contributed by atoms with Crippen LogP contribution in [0, 0.1) is 0 Å². The van der Waals surface area contributed by atoms with E-state index in [1.165, 1.54) is 24.3 Å². The van der Waals surface area contributed by atoms with E-state index in [9.17, 15) is 18.0 Å². The van der Waals surface area contributed by atoms with Crippen molar-refractivity contribution in [3.63, 3.8) is 0 Å². The molecule has 0 radical (unpaired) electrons. The quantitative estimate of drug-likeness (QED) is 0.447. The van der Waals surface area contributed by atoms with Gasteiger partial charge in [0, 0.05) is 30.8 Å². The Hall–Kier alpha value is -3.49. The van der Waals surface area contributed by atoms with Gasteiger partial charge in [0.05, 0.1) is 4.90 Å². The van der Waals surface area contributed by atoms with E-state index in [1.54, 1.807) is 24.3 Å². The van der Waals surface area contributed by atoms with E-state index in [4.69, 9.17) is 0 Å². The summed E-state index contributed by atoms with van der Waals surface area (Å²) in [5.74, 6) is -0.651. The SMILES string of the molecule is O=C(NCCNC(=O)c1cccc(S(=O)(=O)NCc2ccccc2)c1)c1ccccc1. The first-order chi connectivity index (χ1) is 15.0. The zero-order valence-corrected chi connectivity index (χ0v) is 17.6. The van der Waals surface area contributed by atoms with Gasteiger partial charge in [-0.2, -0.15) is 0 Å². The highest BCUT2D eigenvalue weighted by Crippen LogP contribution is 2.12. The van der Waals surface area contributed by atoms with Gasteiger partial charge in [-0.25, -0.2) is 13.1 Å². The van der Waals surface area contributed by atoms with Crippen LogP contribution in [-0.4, -0.2) is 33.3 Å². The molecule has 0 aliphatic carbocycles. The van der Waals surface area contributed by atoms with E-state index in [0.717, 1.165) is 5.56 Å². The zero-order chi connectivity index (χ0) is 22.1. The Bertz CT molecular complexity index is 1130. The number of sulfonamides is 1. The Balaban J connectivity index is 1.52. The molecule has 0 aliphatic rings. The van der Waals surface area contributed by atoms with Gasteiger partial charge in [-0.15, -0.1) is 0 Å². The molecule has 0 fully saturated rings. The van der Waals surface area contributed by atoms with Crippen LogP contribution in [0.15, 0.2) is 89.8 Å². The Morgan fingerprint density at radius 2 is 1.23 bits per heavy atom. The summed E-state index contributed by atoms with van der Waals surface area (Å²) in [7, 11) is -3.77. The number of hydrogen-bond donors (Lipinski definition) is 3. The molecule has 160 valence electrons. The Morgan fingerprint density at radius 3 is 1.87 bits per heavy atom. The highest BCUT2D eigenvalue weighted by atomic mass is 32.2. The van der Waals surface area contributed by atoms with E-state index in [2.05, 4.69) is 15.4 Å². The molecule has 3 aromatic carbocycles. The van der Waals surface area contributed by atoms with Crippen molar-refractivity contribution in [2.45, 2.75) is 11.4 Å². The third-order valence-electron chi connectivity index (χ3n) is 4.45. The Labute approximate surface area is 181 Å². The fourth-order valence-electron chi connectivity index (χ4n) is 2.81. The van der Waals surface area contributed by atoms with Gasteiger partial charge in [0.15, 0.2) is 0 Å². The molecule has 0 spiro atoms. The van der Waals surface area contributed by atoms with Gasteiger partial charge in [-0.1, -0.05) is 54.6 Å². The van der Waals surface area contributed by atoms with E-state index in [1.807, 2.05) is 36.4 Å². The Morgan fingerprint density at radius 1 is 0.677 bits per heavy atom. The molecular weight excluding hydrogens is 414 g/mol. The number of carbonyl (C=O) groups is 2. The van der Waals surface area contributed by atoms with Crippen LogP contribution in [0.2, 0.25) is 0 Å². The maximum atomic E-state index is 12.6. The second kappa shape index (κ2) is 10.5. The van der Waals surface area contributed by atoms with Crippen LogP contribution in [-0.2, 0) is 16.6 Å². The lowest BCUT2D eigenvalue weighted by Crippen LogP contribution is -2.34. The van der Waals surface area contributed by atoms with E-state index >= 15 is 0 Å². The molecule has 8 heteroatoms. The van der Waals surface area contributed by atoms with Crippen molar-refractivity contribution in [1.29, 1.82) is 0 Å². The maximum absolute atomic E-state index is 12.6. The van der Waals surface area contributed by atoms with E-state index in [-0.39, 0.29) is 36.0 Å². The average molecular weight is 438 g/mol. The molecule has 0 heterocycles. The first kappa shape index (κ1) is 22.2. The summed E-state index contributed by atoms with van der Waals surface area (Å²) in [5, 5.41) is 5.39. The second-order valence-electron chi connectivity index (χ2n) is 6.72.